The molecule has 1 aromatic rings. The van der Waals surface area contributed by atoms with E-state index < -0.39 is 41.7 Å². The van der Waals surface area contributed by atoms with Gasteiger partial charge in [0.05, 0.1) is 11.6 Å². The lowest BCUT2D eigenvalue weighted by atomic mass is 9.88. The predicted octanol–water partition coefficient (Wildman–Crippen LogP) is 1.45. The van der Waals surface area contributed by atoms with Gasteiger partial charge in [-0.05, 0) is 12.8 Å². The molecule has 1 unspecified atom stereocenters. The van der Waals surface area contributed by atoms with E-state index in [0.717, 1.165) is 4.68 Å². The van der Waals surface area contributed by atoms with Crippen molar-refractivity contribution >= 4 is 5.91 Å². The van der Waals surface area contributed by atoms with Crippen molar-refractivity contribution in [3.05, 3.63) is 11.4 Å². The highest BCUT2D eigenvalue weighted by molar-refractivity contribution is 5.92. The summed E-state index contributed by atoms with van der Waals surface area (Å²) in [6, 6.07) is 0. The molecule has 1 amide bonds. The topological polar surface area (TPSA) is 73.8 Å². The second kappa shape index (κ2) is 4.14. The molecule has 10 heteroatoms. The maximum Gasteiger partial charge on any atom is 0.453 e. The molecule has 106 valence electrons. The van der Waals surface area contributed by atoms with Gasteiger partial charge in [0.15, 0.2) is 5.69 Å². The van der Waals surface area contributed by atoms with Crippen LogP contribution in [0.25, 0.3) is 0 Å². The molecule has 0 bridgehead atoms. The third kappa shape index (κ3) is 2.04. The Hall–Kier alpha value is -1.74. The van der Waals surface area contributed by atoms with Crippen LogP contribution in [0.15, 0.2) is 0 Å². The van der Waals surface area contributed by atoms with Crippen molar-refractivity contribution in [1.82, 2.24) is 15.0 Å². The van der Waals surface area contributed by atoms with E-state index in [1.165, 1.54) is 0 Å². The zero-order valence-corrected chi connectivity index (χ0v) is 9.42. The van der Waals surface area contributed by atoms with Crippen LogP contribution in [0, 0.1) is 0 Å². The monoisotopic (exact) mass is 284 g/mol. The second-order valence-electron chi connectivity index (χ2n) is 4.23. The van der Waals surface area contributed by atoms with Crippen molar-refractivity contribution in [2.75, 3.05) is 0 Å². The molecule has 1 aliphatic heterocycles. The van der Waals surface area contributed by atoms with Gasteiger partial charge >= 0.3 is 12.1 Å². The Balaban J connectivity index is 2.53. The van der Waals surface area contributed by atoms with Crippen LogP contribution in [0.2, 0.25) is 0 Å². The zero-order valence-electron chi connectivity index (χ0n) is 9.42. The average molecular weight is 284 g/mol. The molecule has 0 aliphatic carbocycles. The Morgan fingerprint density at radius 1 is 1.32 bits per heavy atom. The summed E-state index contributed by atoms with van der Waals surface area (Å²) in [5, 5.41) is 6.67. The number of aromatic nitrogens is 3. The number of halogens is 5. The van der Waals surface area contributed by atoms with Gasteiger partial charge < -0.3 is 5.73 Å². The van der Waals surface area contributed by atoms with E-state index in [4.69, 9.17) is 5.73 Å². The van der Waals surface area contributed by atoms with E-state index in [9.17, 15) is 26.7 Å². The lowest BCUT2D eigenvalue weighted by Gasteiger charge is -2.31. The number of fused-ring (bicyclic) bond motifs is 1. The lowest BCUT2D eigenvalue weighted by Crippen LogP contribution is -2.44. The Bertz CT molecular complexity index is 509. The van der Waals surface area contributed by atoms with Crippen LogP contribution in [0.5, 0.6) is 0 Å². The van der Waals surface area contributed by atoms with Gasteiger partial charge in [-0.25, -0.2) is 4.68 Å². The van der Waals surface area contributed by atoms with E-state index in [1.54, 1.807) is 0 Å². The molecule has 5 nitrogen and oxygen atoms in total. The summed E-state index contributed by atoms with van der Waals surface area (Å²) in [6.07, 6.45) is -6.04. The smallest absolute Gasteiger partial charge is 0.364 e. The SMILES string of the molecule is NC(=O)c1nnn2c1C(C(F)(F)C(F)(F)F)CCC2. The van der Waals surface area contributed by atoms with Crippen LogP contribution in [-0.2, 0) is 6.54 Å². The molecule has 19 heavy (non-hydrogen) atoms. The maximum atomic E-state index is 13.5. The summed E-state index contributed by atoms with van der Waals surface area (Å²) in [5.41, 5.74) is 3.74. The van der Waals surface area contributed by atoms with Gasteiger partial charge in [0.2, 0.25) is 0 Å². The van der Waals surface area contributed by atoms with Crippen LogP contribution in [0.1, 0.15) is 34.9 Å². The number of nitrogens with two attached hydrogens (primary N) is 1. The van der Waals surface area contributed by atoms with E-state index in [-0.39, 0.29) is 13.0 Å². The first kappa shape index (κ1) is 13.7. The molecule has 1 aromatic heterocycles. The number of alkyl halides is 5. The van der Waals surface area contributed by atoms with E-state index in [0.29, 0.717) is 0 Å². The Labute approximate surface area is 103 Å². The average Bonchev–Trinajstić information content (AvgIpc) is 2.70. The van der Waals surface area contributed by atoms with E-state index in [1.807, 2.05) is 0 Å². The molecule has 0 saturated heterocycles. The van der Waals surface area contributed by atoms with Crippen molar-refractivity contribution in [2.24, 2.45) is 5.73 Å². The van der Waals surface area contributed by atoms with Gasteiger partial charge in [0.25, 0.3) is 5.91 Å². The molecule has 1 atom stereocenters. The summed E-state index contributed by atoms with van der Waals surface area (Å²) in [5.74, 6) is -8.33. The van der Waals surface area contributed by atoms with Gasteiger partial charge in [-0.2, -0.15) is 22.0 Å². The minimum atomic E-state index is -5.71. The number of aryl methyl sites for hydroxylation is 1. The fourth-order valence-corrected chi connectivity index (χ4v) is 2.14. The second-order valence-corrected chi connectivity index (χ2v) is 4.23. The molecule has 0 aromatic carbocycles. The van der Waals surface area contributed by atoms with Gasteiger partial charge in [-0.15, -0.1) is 5.10 Å². The Kier molecular flexibility index (Phi) is 2.98. The lowest BCUT2D eigenvalue weighted by molar-refractivity contribution is -0.293. The minimum Gasteiger partial charge on any atom is -0.364 e. The summed E-state index contributed by atoms with van der Waals surface area (Å²) in [7, 11) is 0. The predicted molar refractivity (Wildman–Crippen MR) is 51.5 cm³/mol. The highest BCUT2D eigenvalue weighted by Gasteiger charge is 2.64. The first-order valence-corrected chi connectivity index (χ1v) is 5.34. The third-order valence-electron chi connectivity index (χ3n) is 3.02. The number of hydrogen-bond donors (Lipinski definition) is 1. The summed E-state index contributed by atoms with van der Waals surface area (Å²) >= 11 is 0. The maximum absolute atomic E-state index is 13.5. The molecular formula is C9H9F5N4O. The Morgan fingerprint density at radius 2 is 1.95 bits per heavy atom. The Morgan fingerprint density at radius 3 is 2.47 bits per heavy atom. The normalized spacial score (nSPS) is 20.2. The standard InChI is InChI=1S/C9H9F5N4O/c10-8(11,9(12,13)14)4-2-1-3-18-6(4)5(7(15)19)16-17-18/h4H,1-3H2,(H2,15,19). The van der Waals surface area contributed by atoms with Crippen LogP contribution in [0.4, 0.5) is 22.0 Å². The fourth-order valence-electron chi connectivity index (χ4n) is 2.14. The van der Waals surface area contributed by atoms with Crippen molar-refractivity contribution < 1.29 is 26.7 Å². The minimum absolute atomic E-state index is 0.0882. The molecule has 0 fully saturated rings. The molecule has 0 radical (unpaired) electrons. The molecule has 2 N–H and O–H groups in total. The number of nitrogens with zero attached hydrogens (tertiary/aromatic N) is 3. The molecule has 2 rings (SSSR count). The largest absolute Gasteiger partial charge is 0.453 e. The third-order valence-corrected chi connectivity index (χ3v) is 3.02. The summed E-state index contributed by atoms with van der Waals surface area (Å²) < 4.78 is 65.1. The summed E-state index contributed by atoms with van der Waals surface area (Å²) in [6.45, 7) is 0.125. The van der Waals surface area contributed by atoms with Crippen LogP contribution >= 0.6 is 0 Å². The number of carbonyl (C=O) groups excluding carboxylic acids is 1. The number of carbonyl (C=O) groups is 1. The quantitative estimate of drug-likeness (QED) is 0.835. The number of hydrogen-bond acceptors (Lipinski definition) is 3. The van der Waals surface area contributed by atoms with Gasteiger partial charge in [-0.1, -0.05) is 5.21 Å². The first-order chi connectivity index (χ1) is 8.66. The van der Waals surface area contributed by atoms with Crippen LogP contribution in [0.3, 0.4) is 0 Å². The van der Waals surface area contributed by atoms with Crippen molar-refractivity contribution in [3.8, 4) is 0 Å². The number of rotatable bonds is 2. The molecule has 2 heterocycles. The van der Waals surface area contributed by atoms with Crippen molar-refractivity contribution in [2.45, 2.75) is 37.4 Å². The van der Waals surface area contributed by atoms with Crippen LogP contribution in [-0.4, -0.2) is 33.0 Å². The zero-order chi connectivity index (χ0) is 14.4. The fraction of sp³-hybridized carbons (Fsp3) is 0.667. The molecule has 0 spiro atoms. The van der Waals surface area contributed by atoms with Crippen molar-refractivity contribution in [1.29, 1.82) is 0 Å². The molecule has 1 aliphatic rings. The molecule has 0 saturated carbocycles. The highest BCUT2D eigenvalue weighted by atomic mass is 19.4. The van der Waals surface area contributed by atoms with Gasteiger partial charge in [-0.3, -0.25) is 4.79 Å². The highest BCUT2D eigenvalue weighted by Crippen LogP contribution is 2.49. The molecular weight excluding hydrogens is 275 g/mol. The van der Waals surface area contributed by atoms with Gasteiger partial charge in [0.1, 0.15) is 0 Å². The first-order valence-electron chi connectivity index (χ1n) is 5.34. The van der Waals surface area contributed by atoms with Crippen LogP contribution < -0.4 is 5.73 Å². The van der Waals surface area contributed by atoms with Gasteiger partial charge in [0, 0.05) is 6.54 Å². The number of primary amides is 1. The van der Waals surface area contributed by atoms with E-state index >= 15 is 0 Å². The van der Waals surface area contributed by atoms with Crippen molar-refractivity contribution in [3.63, 3.8) is 0 Å². The van der Waals surface area contributed by atoms with E-state index in [2.05, 4.69) is 10.3 Å². The number of amides is 1. The summed E-state index contributed by atoms with van der Waals surface area (Å²) in [4.78, 5) is 11.0.